The first-order chi connectivity index (χ1) is 14.9. The number of amides is 1. The molecule has 0 radical (unpaired) electrons. The van der Waals surface area contributed by atoms with Gasteiger partial charge in [0.05, 0.1) is 19.1 Å². The fraction of sp³-hybridized carbons (Fsp3) is 0.435. The molecule has 0 unspecified atom stereocenters. The normalized spacial score (nSPS) is 14.2. The molecule has 31 heavy (non-hydrogen) atoms. The van der Waals surface area contributed by atoms with E-state index in [9.17, 15) is 13.2 Å². The van der Waals surface area contributed by atoms with Crippen LogP contribution in [0.15, 0.2) is 48.5 Å². The summed E-state index contributed by atoms with van der Waals surface area (Å²) < 4.78 is 31.2. The van der Waals surface area contributed by atoms with Crippen LogP contribution in [0.3, 0.4) is 0 Å². The second-order valence-corrected chi connectivity index (χ2v) is 9.66. The second kappa shape index (κ2) is 10.5. The van der Waals surface area contributed by atoms with Gasteiger partial charge in [-0.1, -0.05) is 12.1 Å². The van der Waals surface area contributed by atoms with Gasteiger partial charge in [0.1, 0.15) is 5.75 Å². The summed E-state index contributed by atoms with van der Waals surface area (Å²) in [5.74, 6) is 0.338. The van der Waals surface area contributed by atoms with Gasteiger partial charge in [0.15, 0.2) is 0 Å². The van der Waals surface area contributed by atoms with E-state index >= 15 is 0 Å². The highest BCUT2D eigenvalue weighted by atomic mass is 32.2. The Balaban J connectivity index is 1.54. The molecule has 1 N–H and O–H groups in total. The topological polar surface area (TPSA) is 79.0 Å². The van der Waals surface area contributed by atoms with Crippen molar-refractivity contribution in [1.29, 1.82) is 0 Å². The van der Waals surface area contributed by atoms with E-state index in [1.54, 1.807) is 24.3 Å². The van der Waals surface area contributed by atoms with E-state index in [2.05, 4.69) is 10.2 Å². The van der Waals surface area contributed by atoms with Gasteiger partial charge in [0.25, 0.3) is 0 Å². The van der Waals surface area contributed by atoms with E-state index < -0.39 is 10.0 Å². The Morgan fingerprint density at radius 2 is 1.74 bits per heavy atom. The maximum Gasteiger partial charge on any atom is 0.232 e. The number of benzene rings is 2. The maximum absolute atomic E-state index is 12.4. The van der Waals surface area contributed by atoms with Gasteiger partial charge >= 0.3 is 0 Å². The third kappa shape index (κ3) is 6.37. The number of hydrogen-bond donors (Lipinski definition) is 1. The van der Waals surface area contributed by atoms with Gasteiger partial charge in [-0.25, -0.2) is 8.42 Å². The number of rotatable bonds is 9. The molecule has 1 aliphatic heterocycles. The molecule has 3 rings (SSSR count). The number of nitrogens with one attached hydrogen (secondary N) is 1. The zero-order chi connectivity index (χ0) is 22.3. The average molecular weight is 446 g/mol. The summed E-state index contributed by atoms with van der Waals surface area (Å²) in [7, 11) is -2.00. The van der Waals surface area contributed by atoms with E-state index in [4.69, 9.17) is 4.74 Å². The summed E-state index contributed by atoms with van der Waals surface area (Å²) in [6, 6.07) is 14.9. The van der Waals surface area contributed by atoms with Gasteiger partial charge in [-0.05, 0) is 62.1 Å². The summed E-state index contributed by atoms with van der Waals surface area (Å²) >= 11 is 0. The minimum absolute atomic E-state index is 0.140. The third-order valence-electron chi connectivity index (χ3n) is 5.39. The Morgan fingerprint density at radius 3 is 2.39 bits per heavy atom. The van der Waals surface area contributed by atoms with E-state index in [1.165, 1.54) is 36.4 Å². The summed E-state index contributed by atoms with van der Waals surface area (Å²) in [6.45, 7) is 2.35. The summed E-state index contributed by atoms with van der Waals surface area (Å²) in [5, 5.41) is 2.90. The van der Waals surface area contributed by atoms with Crippen molar-refractivity contribution in [2.75, 3.05) is 47.5 Å². The molecule has 2 aromatic rings. The molecule has 8 heteroatoms. The van der Waals surface area contributed by atoms with Gasteiger partial charge in [0, 0.05) is 37.4 Å². The van der Waals surface area contributed by atoms with Gasteiger partial charge in [-0.2, -0.15) is 0 Å². The van der Waals surface area contributed by atoms with Gasteiger partial charge in [0.2, 0.25) is 15.9 Å². The third-order valence-corrected chi connectivity index (χ3v) is 6.57. The predicted molar refractivity (Wildman–Crippen MR) is 126 cm³/mol. The summed E-state index contributed by atoms with van der Waals surface area (Å²) in [4.78, 5) is 14.7. The fourth-order valence-corrected chi connectivity index (χ4v) is 4.78. The van der Waals surface area contributed by atoms with Crippen molar-refractivity contribution >= 4 is 33.0 Å². The fourth-order valence-electron chi connectivity index (χ4n) is 3.82. The standard InChI is InChI=1S/C23H31N3O4S/c1-30-22-10-5-4-9-21(22)26(31(2,28)29)18-8-11-23(27)24-19-12-14-20(15-13-19)25-16-6-3-7-17-25/h4-5,9-10,12-15H,3,6-8,11,16-18H2,1-2H3,(H,24,27). The van der Waals surface area contributed by atoms with E-state index in [0.29, 0.717) is 17.9 Å². The number of hydrogen-bond acceptors (Lipinski definition) is 5. The number of ether oxygens (including phenoxy) is 1. The Bertz CT molecular complexity index is 971. The molecule has 168 valence electrons. The molecule has 0 bridgehead atoms. The van der Waals surface area contributed by atoms with Crippen LogP contribution in [0.25, 0.3) is 0 Å². The second-order valence-electron chi connectivity index (χ2n) is 7.75. The van der Waals surface area contributed by atoms with Gasteiger partial charge in [-0.3, -0.25) is 9.10 Å². The lowest BCUT2D eigenvalue weighted by Gasteiger charge is -2.28. The van der Waals surface area contributed by atoms with Crippen molar-refractivity contribution in [2.45, 2.75) is 32.1 Å². The lowest BCUT2D eigenvalue weighted by molar-refractivity contribution is -0.116. The lowest BCUT2D eigenvalue weighted by atomic mass is 10.1. The molecular weight excluding hydrogens is 414 g/mol. The quantitative estimate of drug-likeness (QED) is 0.634. The molecule has 0 atom stereocenters. The highest BCUT2D eigenvalue weighted by molar-refractivity contribution is 7.92. The van der Waals surface area contributed by atoms with Gasteiger partial charge < -0.3 is 15.0 Å². The van der Waals surface area contributed by atoms with Crippen molar-refractivity contribution in [3.05, 3.63) is 48.5 Å². The monoisotopic (exact) mass is 445 g/mol. The number of anilines is 3. The van der Waals surface area contributed by atoms with E-state index in [1.807, 2.05) is 24.3 Å². The molecule has 1 aliphatic rings. The molecule has 1 fully saturated rings. The number of methoxy groups -OCH3 is 1. The highest BCUT2D eigenvalue weighted by Gasteiger charge is 2.21. The van der Waals surface area contributed by atoms with E-state index in [0.717, 1.165) is 25.0 Å². The Hall–Kier alpha value is -2.74. The van der Waals surface area contributed by atoms with Crippen molar-refractivity contribution in [1.82, 2.24) is 0 Å². The zero-order valence-electron chi connectivity index (χ0n) is 18.2. The van der Waals surface area contributed by atoms with Crippen molar-refractivity contribution in [3.63, 3.8) is 0 Å². The van der Waals surface area contributed by atoms with Crippen LogP contribution in [0.4, 0.5) is 17.1 Å². The summed E-state index contributed by atoms with van der Waals surface area (Å²) in [6.07, 6.45) is 5.50. The maximum atomic E-state index is 12.4. The first kappa shape index (κ1) is 22.9. The molecule has 0 saturated carbocycles. The largest absolute Gasteiger partial charge is 0.495 e. The number of carbonyl (C=O) groups is 1. The van der Waals surface area contributed by atoms with Crippen LogP contribution in [0.1, 0.15) is 32.1 Å². The molecule has 1 saturated heterocycles. The molecule has 0 aliphatic carbocycles. The molecule has 0 spiro atoms. The number of para-hydroxylation sites is 2. The number of carbonyl (C=O) groups excluding carboxylic acids is 1. The number of sulfonamides is 1. The van der Waals surface area contributed by atoms with Gasteiger partial charge in [-0.15, -0.1) is 0 Å². The van der Waals surface area contributed by atoms with Crippen molar-refractivity contribution in [3.8, 4) is 5.75 Å². The minimum atomic E-state index is -3.51. The minimum Gasteiger partial charge on any atom is -0.495 e. The van der Waals surface area contributed by atoms with Crippen molar-refractivity contribution in [2.24, 2.45) is 0 Å². The smallest absolute Gasteiger partial charge is 0.232 e. The van der Waals surface area contributed by atoms with Crippen LogP contribution in [0.2, 0.25) is 0 Å². The van der Waals surface area contributed by atoms with Crippen molar-refractivity contribution < 1.29 is 17.9 Å². The molecule has 1 amide bonds. The number of piperidine rings is 1. The SMILES string of the molecule is COc1ccccc1N(CCCC(=O)Nc1ccc(N2CCCCC2)cc1)S(C)(=O)=O. The van der Waals surface area contributed by atoms with Crippen LogP contribution < -0.4 is 19.3 Å². The lowest BCUT2D eigenvalue weighted by Crippen LogP contribution is -2.31. The zero-order valence-corrected chi connectivity index (χ0v) is 19.0. The highest BCUT2D eigenvalue weighted by Crippen LogP contribution is 2.29. The first-order valence-electron chi connectivity index (χ1n) is 10.6. The van der Waals surface area contributed by atoms with Crippen LogP contribution in [-0.2, 0) is 14.8 Å². The van der Waals surface area contributed by atoms with Crippen LogP contribution in [-0.4, -0.2) is 47.3 Å². The average Bonchev–Trinajstić information content (AvgIpc) is 2.77. The Morgan fingerprint density at radius 1 is 1.06 bits per heavy atom. The van der Waals surface area contributed by atoms with Crippen LogP contribution in [0, 0.1) is 0 Å². The van der Waals surface area contributed by atoms with E-state index in [-0.39, 0.29) is 18.9 Å². The number of nitrogens with zero attached hydrogens (tertiary/aromatic N) is 2. The summed E-state index contributed by atoms with van der Waals surface area (Å²) in [5.41, 5.74) is 2.40. The Labute approximate surface area is 185 Å². The molecule has 1 heterocycles. The van der Waals surface area contributed by atoms with Crippen LogP contribution in [0.5, 0.6) is 5.75 Å². The predicted octanol–water partition coefficient (Wildman–Crippen LogP) is 3.87. The molecule has 0 aromatic heterocycles. The van der Waals surface area contributed by atoms with Crippen LogP contribution >= 0.6 is 0 Å². The molecule has 7 nitrogen and oxygen atoms in total. The molecule has 2 aromatic carbocycles. The molecular formula is C23H31N3O4S. The Kier molecular flexibility index (Phi) is 7.79. The first-order valence-corrected chi connectivity index (χ1v) is 12.5.